The van der Waals surface area contributed by atoms with E-state index in [-0.39, 0.29) is 5.92 Å². The molecule has 1 aliphatic rings. The number of furan rings is 1. The van der Waals surface area contributed by atoms with Crippen LogP contribution in [0.25, 0.3) is 11.0 Å². The Morgan fingerprint density at radius 3 is 3.06 bits per heavy atom. The molecule has 0 amide bonds. The minimum atomic E-state index is -0.996. The molecule has 2 atom stereocenters. The van der Waals surface area contributed by atoms with Crippen molar-refractivity contribution >= 4 is 11.0 Å². The Balaban J connectivity index is 1.91. The van der Waals surface area contributed by atoms with Crippen molar-refractivity contribution in [2.24, 2.45) is 5.92 Å². The van der Waals surface area contributed by atoms with Gasteiger partial charge in [-0.1, -0.05) is 18.2 Å². The van der Waals surface area contributed by atoms with Gasteiger partial charge in [-0.25, -0.2) is 4.39 Å². The van der Waals surface area contributed by atoms with Crippen LogP contribution in [0.15, 0.2) is 28.7 Å². The van der Waals surface area contributed by atoms with Crippen LogP contribution in [0, 0.1) is 12.8 Å². The molecular weight excluding hydrogens is 229 g/mol. The summed E-state index contributed by atoms with van der Waals surface area (Å²) in [7, 11) is 0. The second kappa shape index (κ2) is 4.73. The zero-order valence-electron chi connectivity index (χ0n) is 10.6. The Hall–Kier alpha value is -1.35. The molecule has 1 fully saturated rings. The summed E-state index contributed by atoms with van der Waals surface area (Å²) in [5, 5.41) is 4.25. The first-order valence-electron chi connectivity index (χ1n) is 6.59. The topological polar surface area (TPSA) is 25.2 Å². The van der Waals surface area contributed by atoms with Gasteiger partial charge in [0.25, 0.3) is 0 Å². The molecule has 3 rings (SSSR count). The maximum absolute atomic E-state index is 14.5. The van der Waals surface area contributed by atoms with Gasteiger partial charge in [0.05, 0.1) is 0 Å². The first-order valence-corrected chi connectivity index (χ1v) is 6.59. The molecule has 0 radical (unpaired) electrons. The second-order valence-corrected chi connectivity index (χ2v) is 5.15. The quantitative estimate of drug-likeness (QED) is 0.874. The van der Waals surface area contributed by atoms with Crippen LogP contribution in [0.4, 0.5) is 4.39 Å². The van der Waals surface area contributed by atoms with Crippen LogP contribution in [0.5, 0.6) is 0 Å². The van der Waals surface area contributed by atoms with Gasteiger partial charge in [-0.2, -0.15) is 0 Å². The highest BCUT2D eigenvalue weighted by atomic mass is 19.1. The van der Waals surface area contributed by atoms with Crippen LogP contribution in [0.3, 0.4) is 0 Å². The monoisotopic (exact) mass is 247 g/mol. The van der Waals surface area contributed by atoms with Crippen molar-refractivity contribution in [1.82, 2.24) is 5.32 Å². The largest absolute Gasteiger partial charge is 0.458 e. The van der Waals surface area contributed by atoms with E-state index in [1.165, 1.54) is 0 Å². The number of para-hydroxylation sites is 1. The average molecular weight is 247 g/mol. The van der Waals surface area contributed by atoms with Crippen molar-refractivity contribution in [2.45, 2.75) is 25.9 Å². The van der Waals surface area contributed by atoms with Crippen molar-refractivity contribution in [3.05, 3.63) is 35.6 Å². The lowest BCUT2D eigenvalue weighted by atomic mass is 9.93. The highest BCUT2D eigenvalue weighted by Gasteiger charge is 2.27. The molecule has 2 nitrogen and oxygen atoms in total. The summed E-state index contributed by atoms with van der Waals surface area (Å²) < 4.78 is 20.2. The van der Waals surface area contributed by atoms with E-state index in [4.69, 9.17) is 4.42 Å². The van der Waals surface area contributed by atoms with Crippen LogP contribution in [-0.4, -0.2) is 13.1 Å². The number of aryl methyl sites for hydroxylation is 1. The number of halogens is 1. The lowest BCUT2D eigenvalue weighted by molar-refractivity contribution is 0.170. The second-order valence-electron chi connectivity index (χ2n) is 5.15. The number of hydrogen-bond donors (Lipinski definition) is 1. The molecule has 18 heavy (non-hydrogen) atoms. The number of benzene rings is 1. The van der Waals surface area contributed by atoms with Crippen LogP contribution in [-0.2, 0) is 0 Å². The SMILES string of the molecule is Cc1cccc2cc(C(F)C3CCCNC3)oc12. The summed E-state index contributed by atoms with van der Waals surface area (Å²) in [6, 6.07) is 7.79. The Morgan fingerprint density at radius 1 is 1.44 bits per heavy atom. The van der Waals surface area contributed by atoms with Crippen molar-refractivity contribution in [1.29, 1.82) is 0 Å². The minimum absolute atomic E-state index is 0.0413. The number of alkyl halides is 1. The lowest BCUT2D eigenvalue weighted by Gasteiger charge is -2.24. The Labute approximate surface area is 106 Å². The summed E-state index contributed by atoms with van der Waals surface area (Å²) >= 11 is 0. The fraction of sp³-hybridized carbons (Fsp3) is 0.467. The summed E-state index contributed by atoms with van der Waals surface area (Å²) in [6.07, 6.45) is 0.985. The molecule has 1 saturated heterocycles. The van der Waals surface area contributed by atoms with Gasteiger partial charge >= 0.3 is 0 Å². The van der Waals surface area contributed by atoms with Gasteiger partial charge in [-0.05, 0) is 37.9 Å². The summed E-state index contributed by atoms with van der Waals surface area (Å²) in [4.78, 5) is 0. The zero-order chi connectivity index (χ0) is 12.5. The summed E-state index contributed by atoms with van der Waals surface area (Å²) in [5.41, 5.74) is 1.88. The van der Waals surface area contributed by atoms with Crippen LogP contribution in [0.2, 0.25) is 0 Å². The van der Waals surface area contributed by atoms with Crippen molar-refractivity contribution < 1.29 is 8.81 Å². The predicted molar refractivity (Wildman–Crippen MR) is 70.4 cm³/mol. The first kappa shape index (κ1) is 11.7. The maximum Gasteiger partial charge on any atom is 0.162 e. The average Bonchev–Trinajstić information content (AvgIpc) is 2.84. The molecule has 1 aromatic heterocycles. The predicted octanol–water partition coefficient (Wildman–Crippen LogP) is 3.75. The number of nitrogens with one attached hydrogen (secondary N) is 1. The molecule has 1 N–H and O–H groups in total. The van der Waals surface area contributed by atoms with Crippen molar-refractivity contribution in [2.75, 3.05) is 13.1 Å². The van der Waals surface area contributed by atoms with Gasteiger partial charge in [-0.3, -0.25) is 0 Å². The standard InChI is InChI=1S/C15H18FNO/c1-10-4-2-5-11-8-13(18-15(10)11)14(16)12-6-3-7-17-9-12/h2,4-5,8,12,14,17H,3,6-7,9H2,1H3. The van der Waals surface area contributed by atoms with E-state index in [1.54, 1.807) is 0 Å². The van der Waals surface area contributed by atoms with Crippen molar-refractivity contribution in [3.63, 3.8) is 0 Å². The Kier molecular flexibility index (Phi) is 3.08. The minimum Gasteiger partial charge on any atom is -0.458 e. The third kappa shape index (κ3) is 2.03. The molecular formula is C15H18FNO. The van der Waals surface area contributed by atoms with E-state index in [9.17, 15) is 4.39 Å². The van der Waals surface area contributed by atoms with Gasteiger partial charge in [0.1, 0.15) is 11.3 Å². The van der Waals surface area contributed by atoms with Gasteiger partial charge in [-0.15, -0.1) is 0 Å². The molecule has 0 spiro atoms. The number of piperidine rings is 1. The fourth-order valence-electron chi connectivity index (χ4n) is 2.73. The van der Waals surface area contributed by atoms with Gasteiger partial charge in [0.15, 0.2) is 6.17 Å². The maximum atomic E-state index is 14.5. The van der Waals surface area contributed by atoms with Gasteiger partial charge in [0, 0.05) is 17.8 Å². The Bertz CT molecular complexity index is 542. The molecule has 0 aliphatic carbocycles. The lowest BCUT2D eigenvalue weighted by Crippen LogP contribution is -2.32. The highest BCUT2D eigenvalue weighted by Crippen LogP contribution is 2.34. The van der Waals surface area contributed by atoms with E-state index in [0.29, 0.717) is 5.76 Å². The van der Waals surface area contributed by atoms with Crippen molar-refractivity contribution in [3.8, 4) is 0 Å². The first-order chi connectivity index (χ1) is 8.75. The molecule has 2 aromatic rings. The zero-order valence-corrected chi connectivity index (χ0v) is 10.6. The molecule has 0 bridgehead atoms. The van der Waals surface area contributed by atoms with Crippen LogP contribution in [0.1, 0.15) is 30.3 Å². The summed E-state index contributed by atoms with van der Waals surface area (Å²) in [5.74, 6) is 0.521. The Morgan fingerprint density at radius 2 is 2.33 bits per heavy atom. The van der Waals surface area contributed by atoms with Crippen LogP contribution >= 0.6 is 0 Å². The van der Waals surface area contributed by atoms with Crippen LogP contribution < -0.4 is 5.32 Å². The molecule has 1 aromatic carbocycles. The molecule has 2 heterocycles. The summed E-state index contributed by atoms with van der Waals surface area (Å²) in [6.45, 7) is 3.74. The number of fused-ring (bicyclic) bond motifs is 1. The normalized spacial score (nSPS) is 22.2. The number of hydrogen-bond acceptors (Lipinski definition) is 2. The van der Waals surface area contributed by atoms with E-state index >= 15 is 0 Å². The van der Waals surface area contributed by atoms with E-state index in [2.05, 4.69) is 5.32 Å². The van der Waals surface area contributed by atoms with Gasteiger partial charge < -0.3 is 9.73 Å². The molecule has 96 valence electrons. The smallest absolute Gasteiger partial charge is 0.162 e. The third-order valence-electron chi connectivity index (χ3n) is 3.78. The highest BCUT2D eigenvalue weighted by molar-refractivity contribution is 5.80. The van der Waals surface area contributed by atoms with E-state index < -0.39 is 6.17 Å². The van der Waals surface area contributed by atoms with E-state index in [0.717, 1.165) is 42.5 Å². The van der Waals surface area contributed by atoms with E-state index in [1.807, 2.05) is 31.2 Å². The molecule has 3 heteroatoms. The fourth-order valence-corrected chi connectivity index (χ4v) is 2.73. The molecule has 0 saturated carbocycles. The van der Waals surface area contributed by atoms with Gasteiger partial charge in [0.2, 0.25) is 0 Å². The molecule has 1 aliphatic heterocycles. The third-order valence-corrected chi connectivity index (χ3v) is 3.78. The molecule has 2 unspecified atom stereocenters. The number of rotatable bonds is 2.